The number of halogens is 2. The highest BCUT2D eigenvalue weighted by atomic mass is 35.9. The predicted octanol–water partition coefficient (Wildman–Crippen LogP) is 4.72. The fourth-order valence-corrected chi connectivity index (χ4v) is 2.13. The summed E-state index contributed by atoms with van der Waals surface area (Å²) in [5.41, 5.74) is 1.24. The Morgan fingerprint density at radius 3 is 2.33 bits per heavy atom. The molecule has 0 unspecified atom stereocenters. The Morgan fingerprint density at radius 2 is 2.00 bits per heavy atom. The van der Waals surface area contributed by atoms with Gasteiger partial charge in [-0.1, -0.05) is 41.4 Å². The molecule has 0 aromatic rings. The molecule has 1 nitrogen and oxygen atoms in total. The predicted molar refractivity (Wildman–Crippen MR) is 59.7 cm³/mol. The van der Waals surface area contributed by atoms with Crippen LogP contribution in [0.4, 0.5) is 0 Å². The molecule has 0 rings (SSSR count). The molecule has 0 fully saturated rings. The second kappa shape index (κ2) is 7.00. The molecule has 0 bridgehead atoms. The molecule has 0 heterocycles. The van der Waals surface area contributed by atoms with E-state index in [1.807, 2.05) is 24.7 Å². The number of allylic oxidation sites excluding steroid dienone is 1. The van der Waals surface area contributed by atoms with Crippen molar-refractivity contribution in [2.24, 2.45) is 0 Å². The first-order valence-corrected chi connectivity index (χ1v) is 7.21. The van der Waals surface area contributed by atoms with Gasteiger partial charge in [0.05, 0.1) is 0 Å². The van der Waals surface area contributed by atoms with Crippen molar-refractivity contribution in [3.63, 3.8) is 0 Å². The van der Waals surface area contributed by atoms with Gasteiger partial charge in [0.25, 0.3) is 0 Å². The van der Waals surface area contributed by atoms with Gasteiger partial charge in [0.2, 0.25) is 0 Å². The third kappa shape index (κ3) is 6.11. The van der Waals surface area contributed by atoms with Crippen molar-refractivity contribution in [1.82, 2.24) is 4.67 Å². The van der Waals surface area contributed by atoms with Gasteiger partial charge in [-0.3, -0.25) is 0 Å². The summed E-state index contributed by atoms with van der Waals surface area (Å²) >= 11 is 11.7. The average molecular weight is 228 g/mol. The standard InChI is InChI=1S/C8H16Cl2NP/c1-4-5-6-11(12(9)10)7-8(2)3/h7H,4-6H2,1-3H3. The van der Waals surface area contributed by atoms with Crippen LogP contribution in [0.5, 0.6) is 0 Å². The van der Waals surface area contributed by atoms with Gasteiger partial charge in [-0.05, 0) is 20.3 Å². The summed E-state index contributed by atoms with van der Waals surface area (Å²) in [4.78, 5) is 0. The van der Waals surface area contributed by atoms with E-state index >= 15 is 0 Å². The van der Waals surface area contributed by atoms with Crippen LogP contribution in [0.3, 0.4) is 0 Å². The van der Waals surface area contributed by atoms with Crippen molar-refractivity contribution in [2.75, 3.05) is 6.54 Å². The van der Waals surface area contributed by atoms with Crippen LogP contribution < -0.4 is 0 Å². The molecule has 0 radical (unpaired) electrons. The van der Waals surface area contributed by atoms with E-state index in [2.05, 4.69) is 6.92 Å². The molecular formula is C8H16Cl2NP. The van der Waals surface area contributed by atoms with Crippen LogP contribution in [-0.4, -0.2) is 11.2 Å². The Morgan fingerprint density at radius 1 is 1.42 bits per heavy atom. The van der Waals surface area contributed by atoms with Gasteiger partial charge in [0.15, 0.2) is 6.78 Å². The molecular weight excluding hydrogens is 212 g/mol. The van der Waals surface area contributed by atoms with E-state index in [0.717, 1.165) is 13.0 Å². The molecule has 0 amide bonds. The third-order valence-electron chi connectivity index (χ3n) is 1.34. The minimum atomic E-state index is -1.01. The number of hydrogen-bond acceptors (Lipinski definition) is 1. The van der Waals surface area contributed by atoms with Crippen LogP contribution in [-0.2, 0) is 0 Å². The van der Waals surface area contributed by atoms with Crippen LogP contribution in [0.25, 0.3) is 0 Å². The zero-order valence-electron chi connectivity index (χ0n) is 7.85. The minimum Gasteiger partial charge on any atom is -0.333 e. The Kier molecular flexibility index (Phi) is 7.32. The summed E-state index contributed by atoms with van der Waals surface area (Å²) in [6, 6.07) is 0. The number of hydrogen-bond donors (Lipinski definition) is 0. The summed E-state index contributed by atoms with van der Waals surface area (Å²) in [7, 11) is 0. The summed E-state index contributed by atoms with van der Waals surface area (Å²) in [6.07, 6.45) is 4.34. The molecule has 0 aliphatic heterocycles. The van der Waals surface area contributed by atoms with Crippen molar-refractivity contribution in [2.45, 2.75) is 33.6 Å². The lowest BCUT2D eigenvalue weighted by molar-refractivity contribution is 0.570. The molecule has 0 N–H and O–H groups in total. The first-order valence-electron chi connectivity index (χ1n) is 4.11. The van der Waals surface area contributed by atoms with Crippen molar-refractivity contribution in [3.8, 4) is 0 Å². The zero-order valence-corrected chi connectivity index (χ0v) is 10.3. The van der Waals surface area contributed by atoms with Gasteiger partial charge >= 0.3 is 0 Å². The van der Waals surface area contributed by atoms with Crippen LogP contribution in [0, 0.1) is 0 Å². The lowest BCUT2D eigenvalue weighted by Crippen LogP contribution is -2.08. The van der Waals surface area contributed by atoms with Gasteiger partial charge in [-0.15, -0.1) is 0 Å². The molecule has 4 heteroatoms. The lowest BCUT2D eigenvalue weighted by Gasteiger charge is -2.20. The summed E-state index contributed by atoms with van der Waals surface area (Å²) < 4.78 is 2.01. The first-order chi connectivity index (χ1) is 5.57. The SMILES string of the molecule is CCCCN(C=C(C)C)P(Cl)Cl. The van der Waals surface area contributed by atoms with Crippen LogP contribution in [0.2, 0.25) is 0 Å². The van der Waals surface area contributed by atoms with Crippen LogP contribution in [0.15, 0.2) is 11.8 Å². The van der Waals surface area contributed by atoms with Gasteiger partial charge in [-0.25, -0.2) is 0 Å². The van der Waals surface area contributed by atoms with Crippen molar-refractivity contribution in [3.05, 3.63) is 11.8 Å². The largest absolute Gasteiger partial charge is 0.333 e. The highest BCUT2D eigenvalue weighted by Gasteiger charge is 2.07. The second-order valence-electron chi connectivity index (χ2n) is 2.94. The van der Waals surface area contributed by atoms with Crippen molar-refractivity contribution < 1.29 is 0 Å². The molecule has 0 aromatic carbocycles. The fourth-order valence-electron chi connectivity index (χ4n) is 0.802. The van der Waals surface area contributed by atoms with Crippen molar-refractivity contribution in [1.29, 1.82) is 0 Å². The lowest BCUT2D eigenvalue weighted by atomic mass is 10.3. The maximum absolute atomic E-state index is 5.84. The van der Waals surface area contributed by atoms with Gasteiger partial charge < -0.3 is 4.67 Å². The molecule has 0 aromatic heterocycles. The maximum Gasteiger partial charge on any atom is 0.187 e. The Hall–Kier alpha value is 0.550. The van der Waals surface area contributed by atoms with E-state index in [0.29, 0.717) is 0 Å². The van der Waals surface area contributed by atoms with E-state index in [4.69, 9.17) is 22.5 Å². The normalized spacial score (nSPS) is 10.2. The van der Waals surface area contributed by atoms with E-state index in [1.165, 1.54) is 12.0 Å². The Bertz CT molecular complexity index is 144. The topological polar surface area (TPSA) is 3.24 Å². The molecule has 0 aliphatic rings. The Balaban J connectivity index is 3.96. The van der Waals surface area contributed by atoms with E-state index in [-0.39, 0.29) is 0 Å². The summed E-state index contributed by atoms with van der Waals surface area (Å²) in [5.74, 6) is 0. The third-order valence-corrected chi connectivity index (χ3v) is 3.21. The van der Waals surface area contributed by atoms with E-state index in [9.17, 15) is 0 Å². The van der Waals surface area contributed by atoms with Crippen molar-refractivity contribution >= 4 is 29.3 Å². The molecule has 12 heavy (non-hydrogen) atoms. The highest BCUT2D eigenvalue weighted by molar-refractivity contribution is 8.02. The number of unbranched alkanes of at least 4 members (excludes halogenated alkanes) is 1. The van der Waals surface area contributed by atoms with E-state index < -0.39 is 6.78 Å². The minimum absolute atomic E-state index is 0.959. The molecule has 0 aliphatic carbocycles. The zero-order chi connectivity index (χ0) is 9.56. The van der Waals surface area contributed by atoms with Crippen LogP contribution >= 0.6 is 29.3 Å². The highest BCUT2D eigenvalue weighted by Crippen LogP contribution is 2.51. The quantitative estimate of drug-likeness (QED) is 0.615. The first kappa shape index (κ1) is 12.6. The van der Waals surface area contributed by atoms with Gasteiger partial charge in [0.1, 0.15) is 0 Å². The molecule has 0 atom stereocenters. The second-order valence-corrected chi connectivity index (χ2v) is 6.32. The molecule has 72 valence electrons. The van der Waals surface area contributed by atoms with E-state index in [1.54, 1.807) is 0 Å². The summed E-state index contributed by atoms with van der Waals surface area (Å²) in [5, 5.41) is 0. The molecule has 0 saturated carbocycles. The van der Waals surface area contributed by atoms with Crippen LogP contribution in [0.1, 0.15) is 33.6 Å². The smallest absolute Gasteiger partial charge is 0.187 e. The Labute approximate surface area is 86.1 Å². The van der Waals surface area contributed by atoms with Gasteiger partial charge in [0, 0.05) is 12.7 Å². The number of rotatable bonds is 5. The molecule has 0 spiro atoms. The number of nitrogens with zero attached hydrogens (tertiary/aromatic N) is 1. The summed E-state index contributed by atoms with van der Waals surface area (Å²) in [6.45, 7) is 6.20. The molecule has 0 saturated heterocycles. The monoisotopic (exact) mass is 227 g/mol. The fraction of sp³-hybridized carbons (Fsp3) is 0.750. The average Bonchev–Trinajstić information content (AvgIpc) is 1.96. The van der Waals surface area contributed by atoms with Gasteiger partial charge in [-0.2, -0.15) is 0 Å². The maximum atomic E-state index is 5.84.